The van der Waals surface area contributed by atoms with E-state index in [9.17, 15) is 4.79 Å². The maximum atomic E-state index is 12.4. The highest BCUT2D eigenvalue weighted by molar-refractivity contribution is 5.96. The first-order valence-corrected chi connectivity index (χ1v) is 8.61. The monoisotopic (exact) mass is 322 g/mol. The largest absolute Gasteiger partial charge is 0.493 e. The van der Waals surface area contributed by atoms with Crippen LogP contribution >= 0.6 is 0 Å². The Balaban J connectivity index is 1.49. The molecule has 2 aromatic rings. The van der Waals surface area contributed by atoms with Crippen LogP contribution < -0.4 is 15.4 Å². The van der Waals surface area contributed by atoms with E-state index in [1.54, 1.807) is 0 Å². The molecule has 0 bridgehead atoms. The average molecular weight is 322 g/mol. The van der Waals surface area contributed by atoms with Gasteiger partial charge in [0.15, 0.2) is 0 Å². The summed E-state index contributed by atoms with van der Waals surface area (Å²) < 4.78 is 5.88. The van der Waals surface area contributed by atoms with E-state index < -0.39 is 0 Å². The van der Waals surface area contributed by atoms with E-state index in [2.05, 4.69) is 28.8 Å². The predicted molar refractivity (Wildman–Crippen MR) is 93.5 cm³/mol. The van der Waals surface area contributed by atoms with Gasteiger partial charge in [-0.2, -0.15) is 0 Å². The smallest absolute Gasteiger partial charge is 0.251 e. The van der Waals surface area contributed by atoms with Crippen LogP contribution in [0.4, 0.5) is 0 Å². The van der Waals surface area contributed by atoms with E-state index in [1.807, 2.05) is 30.3 Å². The number of hydrogen-bond acceptors (Lipinski definition) is 3. The van der Waals surface area contributed by atoms with Gasteiger partial charge in [-0.05, 0) is 29.2 Å². The quantitative estimate of drug-likeness (QED) is 0.908. The fourth-order valence-electron chi connectivity index (χ4n) is 3.71. The molecule has 2 aliphatic rings. The van der Waals surface area contributed by atoms with E-state index in [-0.39, 0.29) is 5.91 Å². The highest BCUT2D eigenvalue weighted by Crippen LogP contribution is 2.34. The van der Waals surface area contributed by atoms with Gasteiger partial charge < -0.3 is 15.4 Å². The minimum Gasteiger partial charge on any atom is -0.493 e. The maximum absolute atomic E-state index is 12.4. The van der Waals surface area contributed by atoms with Crippen LogP contribution in [0.2, 0.25) is 0 Å². The van der Waals surface area contributed by atoms with E-state index >= 15 is 0 Å². The van der Waals surface area contributed by atoms with Crippen LogP contribution in [0.1, 0.15) is 27.4 Å². The molecular weight excluding hydrogens is 300 g/mol. The zero-order valence-corrected chi connectivity index (χ0v) is 13.6. The molecule has 0 aromatic heterocycles. The topological polar surface area (TPSA) is 50.4 Å². The van der Waals surface area contributed by atoms with Crippen molar-refractivity contribution in [1.29, 1.82) is 0 Å². The standard InChI is InChI=1S/C20H22N2O2/c23-20-18-10-16(24-9-8-14-4-2-1-3-5-14)6-7-17(18)19-13-21-11-15(19)12-22-20/h1-7,10,15,19,21H,8-9,11-13H2,(H,22,23)/t15-,19+/m0/s1. The summed E-state index contributed by atoms with van der Waals surface area (Å²) in [6, 6.07) is 16.3. The molecule has 2 N–H and O–H groups in total. The zero-order chi connectivity index (χ0) is 16.4. The number of rotatable bonds is 4. The molecule has 0 radical (unpaired) electrons. The molecule has 2 aliphatic heterocycles. The molecule has 1 fully saturated rings. The Labute approximate surface area is 142 Å². The van der Waals surface area contributed by atoms with Gasteiger partial charge in [-0.15, -0.1) is 0 Å². The summed E-state index contributed by atoms with van der Waals surface area (Å²) in [6.45, 7) is 3.27. The van der Waals surface area contributed by atoms with E-state index in [4.69, 9.17) is 4.74 Å². The van der Waals surface area contributed by atoms with Gasteiger partial charge >= 0.3 is 0 Å². The number of fused-ring (bicyclic) bond motifs is 3. The maximum Gasteiger partial charge on any atom is 0.251 e. The van der Waals surface area contributed by atoms with Gasteiger partial charge in [0, 0.05) is 37.5 Å². The first-order valence-electron chi connectivity index (χ1n) is 8.61. The third-order valence-electron chi connectivity index (χ3n) is 5.04. The van der Waals surface area contributed by atoms with Gasteiger partial charge in [-0.25, -0.2) is 0 Å². The molecule has 4 heteroatoms. The van der Waals surface area contributed by atoms with Crippen LogP contribution in [0.3, 0.4) is 0 Å². The Hall–Kier alpha value is -2.33. The molecule has 24 heavy (non-hydrogen) atoms. The molecule has 1 saturated heterocycles. The lowest BCUT2D eigenvalue weighted by atomic mass is 9.87. The molecule has 124 valence electrons. The lowest BCUT2D eigenvalue weighted by Gasteiger charge is -2.17. The molecule has 0 saturated carbocycles. The van der Waals surface area contributed by atoms with Gasteiger partial charge in [0.25, 0.3) is 5.91 Å². The van der Waals surface area contributed by atoms with Crippen molar-refractivity contribution in [3.63, 3.8) is 0 Å². The minimum atomic E-state index is 0.0212. The molecule has 1 amide bonds. The second kappa shape index (κ2) is 6.65. The van der Waals surface area contributed by atoms with Crippen LogP contribution in [0.15, 0.2) is 48.5 Å². The van der Waals surface area contributed by atoms with Gasteiger partial charge in [0.1, 0.15) is 5.75 Å². The summed E-state index contributed by atoms with van der Waals surface area (Å²) in [4.78, 5) is 12.4. The van der Waals surface area contributed by atoms with Gasteiger partial charge in [-0.3, -0.25) is 4.79 Å². The summed E-state index contributed by atoms with van der Waals surface area (Å²) >= 11 is 0. The Morgan fingerprint density at radius 3 is 2.79 bits per heavy atom. The Morgan fingerprint density at radius 1 is 1.04 bits per heavy atom. The number of nitrogens with one attached hydrogen (secondary N) is 2. The highest BCUT2D eigenvalue weighted by atomic mass is 16.5. The molecule has 4 nitrogen and oxygen atoms in total. The Bertz CT molecular complexity index is 730. The summed E-state index contributed by atoms with van der Waals surface area (Å²) in [5.74, 6) is 1.69. The Kier molecular flexibility index (Phi) is 4.22. The number of amides is 1. The number of ether oxygens (including phenoxy) is 1. The van der Waals surface area contributed by atoms with Gasteiger partial charge in [0.2, 0.25) is 0 Å². The Morgan fingerprint density at radius 2 is 1.92 bits per heavy atom. The van der Waals surface area contributed by atoms with Crippen molar-refractivity contribution in [3.8, 4) is 5.75 Å². The molecular formula is C20H22N2O2. The second-order valence-corrected chi connectivity index (χ2v) is 6.57. The molecule has 0 unspecified atom stereocenters. The molecule has 0 spiro atoms. The van der Waals surface area contributed by atoms with Crippen LogP contribution in [-0.4, -0.2) is 32.1 Å². The molecule has 2 aromatic carbocycles. The van der Waals surface area contributed by atoms with Crippen molar-refractivity contribution in [2.24, 2.45) is 5.92 Å². The van der Waals surface area contributed by atoms with Crippen molar-refractivity contribution in [2.45, 2.75) is 12.3 Å². The van der Waals surface area contributed by atoms with Crippen molar-refractivity contribution >= 4 is 5.91 Å². The van der Waals surface area contributed by atoms with Crippen LogP contribution in [0.5, 0.6) is 5.75 Å². The summed E-state index contributed by atoms with van der Waals surface area (Å²) in [5, 5.41) is 6.48. The molecule has 2 atom stereocenters. The third kappa shape index (κ3) is 3.02. The second-order valence-electron chi connectivity index (χ2n) is 6.57. The van der Waals surface area contributed by atoms with Crippen molar-refractivity contribution in [2.75, 3.05) is 26.2 Å². The van der Waals surface area contributed by atoms with Crippen molar-refractivity contribution < 1.29 is 9.53 Å². The van der Waals surface area contributed by atoms with Crippen LogP contribution in [0.25, 0.3) is 0 Å². The SMILES string of the molecule is O=C1NC[C@@H]2CNC[C@H]2c2ccc(OCCc3ccccc3)cc21. The molecule has 2 heterocycles. The lowest BCUT2D eigenvalue weighted by Crippen LogP contribution is -2.28. The number of hydrogen-bond donors (Lipinski definition) is 2. The van der Waals surface area contributed by atoms with Crippen LogP contribution in [0, 0.1) is 5.92 Å². The van der Waals surface area contributed by atoms with E-state index in [0.717, 1.165) is 42.9 Å². The average Bonchev–Trinajstić information content (AvgIpc) is 3.04. The number of benzene rings is 2. The fraction of sp³-hybridized carbons (Fsp3) is 0.350. The number of carbonyl (C=O) groups excluding carboxylic acids is 1. The minimum absolute atomic E-state index is 0.0212. The highest BCUT2D eigenvalue weighted by Gasteiger charge is 2.34. The van der Waals surface area contributed by atoms with E-state index in [1.165, 1.54) is 5.56 Å². The first kappa shape index (κ1) is 15.2. The zero-order valence-electron chi connectivity index (χ0n) is 13.6. The lowest BCUT2D eigenvalue weighted by molar-refractivity contribution is 0.0952. The summed E-state index contributed by atoms with van der Waals surface area (Å²) in [6.07, 6.45) is 0.860. The number of carbonyl (C=O) groups is 1. The van der Waals surface area contributed by atoms with Gasteiger partial charge in [-0.1, -0.05) is 36.4 Å². The third-order valence-corrected chi connectivity index (χ3v) is 5.04. The van der Waals surface area contributed by atoms with Gasteiger partial charge in [0.05, 0.1) is 6.61 Å². The first-order chi connectivity index (χ1) is 11.8. The van der Waals surface area contributed by atoms with Crippen LogP contribution in [-0.2, 0) is 6.42 Å². The van der Waals surface area contributed by atoms with Crippen molar-refractivity contribution in [1.82, 2.24) is 10.6 Å². The predicted octanol–water partition coefficient (Wildman–Crippen LogP) is 2.35. The van der Waals surface area contributed by atoms with Crippen molar-refractivity contribution in [3.05, 3.63) is 65.2 Å². The summed E-state index contributed by atoms with van der Waals surface area (Å²) in [7, 11) is 0. The molecule has 4 rings (SSSR count). The normalized spacial score (nSPS) is 22.2. The summed E-state index contributed by atoms with van der Waals surface area (Å²) in [5.41, 5.74) is 3.17. The fourth-order valence-corrected chi connectivity index (χ4v) is 3.71. The molecule has 0 aliphatic carbocycles. The van der Waals surface area contributed by atoms with E-state index in [0.29, 0.717) is 18.4 Å².